The first kappa shape index (κ1) is 8.67. The lowest BCUT2D eigenvalue weighted by atomic mass is 10.4. The molecule has 0 amide bonds. The number of nitrogens with two attached hydrogens (primary N) is 1. The minimum Gasteiger partial charge on any atom is -0.393 e. The summed E-state index contributed by atoms with van der Waals surface area (Å²) in [6.45, 7) is 0.751. The SMILES string of the molecule is NC(=S)CCn1cc(Br)cn1. The first-order chi connectivity index (χ1) is 5.18. The second-order valence-corrected chi connectivity index (χ2v) is 3.58. The van der Waals surface area contributed by atoms with E-state index in [9.17, 15) is 0 Å². The van der Waals surface area contributed by atoms with Crippen LogP contribution in [-0.4, -0.2) is 14.8 Å². The topological polar surface area (TPSA) is 43.8 Å². The molecule has 0 bridgehead atoms. The van der Waals surface area contributed by atoms with E-state index in [2.05, 4.69) is 21.0 Å². The van der Waals surface area contributed by atoms with Gasteiger partial charge >= 0.3 is 0 Å². The van der Waals surface area contributed by atoms with Crippen LogP contribution in [0.5, 0.6) is 0 Å². The van der Waals surface area contributed by atoms with Crippen molar-refractivity contribution in [3.8, 4) is 0 Å². The van der Waals surface area contributed by atoms with Crippen molar-refractivity contribution in [3.63, 3.8) is 0 Å². The van der Waals surface area contributed by atoms with Gasteiger partial charge in [0.15, 0.2) is 0 Å². The number of hydrogen-bond donors (Lipinski definition) is 1. The number of thiocarbonyl (C=S) groups is 1. The van der Waals surface area contributed by atoms with Gasteiger partial charge in [-0.15, -0.1) is 0 Å². The van der Waals surface area contributed by atoms with E-state index >= 15 is 0 Å². The lowest BCUT2D eigenvalue weighted by molar-refractivity contribution is 0.635. The Kier molecular flexibility index (Phi) is 3.02. The van der Waals surface area contributed by atoms with Gasteiger partial charge in [-0.25, -0.2) is 0 Å². The zero-order valence-corrected chi connectivity index (χ0v) is 8.23. The van der Waals surface area contributed by atoms with Gasteiger partial charge in [0.1, 0.15) is 0 Å². The van der Waals surface area contributed by atoms with Crippen LogP contribution in [0.4, 0.5) is 0 Å². The molecule has 0 aliphatic carbocycles. The molecule has 1 heterocycles. The zero-order valence-electron chi connectivity index (χ0n) is 5.83. The summed E-state index contributed by atoms with van der Waals surface area (Å²) in [4.78, 5) is 0.525. The van der Waals surface area contributed by atoms with Crippen molar-refractivity contribution in [3.05, 3.63) is 16.9 Å². The molecular formula is C6H8BrN3S. The third kappa shape index (κ3) is 2.98. The Balaban J connectivity index is 2.45. The Bertz CT molecular complexity index is 258. The summed E-state index contributed by atoms with van der Waals surface area (Å²) in [5.41, 5.74) is 5.33. The van der Waals surface area contributed by atoms with Crippen molar-refractivity contribution in [1.29, 1.82) is 0 Å². The smallest absolute Gasteiger partial charge is 0.0745 e. The second-order valence-electron chi connectivity index (χ2n) is 2.14. The van der Waals surface area contributed by atoms with Crippen LogP contribution in [0.15, 0.2) is 16.9 Å². The van der Waals surface area contributed by atoms with E-state index in [1.165, 1.54) is 0 Å². The summed E-state index contributed by atoms with van der Waals surface area (Å²) in [5.74, 6) is 0. The summed E-state index contributed by atoms with van der Waals surface area (Å²) in [7, 11) is 0. The fourth-order valence-corrected chi connectivity index (χ4v) is 1.10. The largest absolute Gasteiger partial charge is 0.393 e. The van der Waals surface area contributed by atoms with Crippen LogP contribution >= 0.6 is 28.1 Å². The normalized spacial score (nSPS) is 9.91. The van der Waals surface area contributed by atoms with E-state index in [-0.39, 0.29) is 0 Å². The van der Waals surface area contributed by atoms with Crippen LogP contribution in [0, 0.1) is 0 Å². The minimum absolute atomic E-state index is 0.525. The summed E-state index contributed by atoms with van der Waals surface area (Å²) in [6, 6.07) is 0. The Morgan fingerprint density at radius 2 is 2.55 bits per heavy atom. The predicted molar refractivity (Wildman–Crippen MR) is 51.3 cm³/mol. The average molecular weight is 234 g/mol. The van der Waals surface area contributed by atoms with Crippen LogP contribution in [0.1, 0.15) is 6.42 Å². The van der Waals surface area contributed by atoms with Crippen LogP contribution in [0.2, 0.25) is 0 Å². The minimum atomic E-state index is 0.525. The van der Waals surface area contributed by atoms with E-state index in [4.69, 9.17) is 18.0 Å². The number of aromatic nitrogens is 2. The fourth-order valence-electron chi connectivity index (χ4n) is 0.685. The highest BCUT2D eigenvalue weighted by Crippen LogP contribution is 2.06. The van der Waals surface area contributed by atoms with E-state index in [0.29, 0.717) is 11.4 Å². The van der Waals surface area contributed by atoms with Crippen LogP contribution in [-0.2, 0) is 6.54 Å². The van der Waals surface area contributed by atoms with Crippen LogP contribution < -0.4 is 5.73 Å². The molecule has 1 aromatic heterocycles. The van der Waals surface area contributed by atoms with Crippen molar-refractivity contribution in [2.75, 3.05) is 0 Å². The first-order valence-corrected chi connectivity index (χ1v) is 4.35. The maximum atomic E-state index is 5.33. The van der Waals surface area contributed by atoms with E-state index in [1.807, 2.05) is 6.20 Å². The molecule has 0 aliphatic heterocycles. The Labute approximate surface area is 78.7 Å². The highest BCUT2D eigenvalue weighted by atomic mass is 79.9. The van der Waals surface area contributed by atoms with Gasteiger partial charge in [-0.05, 0) is 15.9 Å². The quantitative estimate of drug-likeness (QED) is 0.802. The molecule has 2 N–H and O–H groups in total. The first-order valence-electron chi connectivity index (χ1n) is 3.15. The number of halogens is 1. The summed E-state index contributed by atoms with van der Waals surface area (Å²) >= 11 is 8.02. The van der Waals surface area contributed by atoms with E-state index in [0.717, 1.165) is 11.0 Å². The van der Waals surface area contributed by atoms with Crippen molar-refractivity contribution >= 4 is 33.1 Å². The van der Waals surface area contributed by atoms with Crippen molar-refractivity contribution in [1.82, 2.24) is 9.78 Å². The van der Waals surface area contributed by atoms with Crippen molar-refractivity contribution in [2.45, 2.75) is 13.0 Å². The van der Waals surface area contributed by atoms with Gasteiger partial charge in [0, 0.05) is 19.2 Å². The summed E-state index contributed by atoms with van der Waals surface area (Å²) in [6.07, 6.45) is 4.32. The Morgan fingerprint density at radius 1 is 1.82 bits per heavy atom. The molecule has 0 spiro atoms. The molecule has 1 rings (SSSR count). The molecule has 0 radical (unpaired) electrons. The Hall–Kier alpha value is -0.420. The fraction of sp³-hybridized carbons (Fsp3) is 0.333. The standard InChI is InChI=1S/C6H8BrN3S/c7-5-3-9-10(4-5)2-1-6(8)11/h3-4H,1-2H2,(H2,8,11). The maximum Gasteiger partial charge on any atom is 0.0745 e. The molecule has 60 valence electrons. The summed E-state index contributed by atoms with van der Waals surface area (Å²) < 4.78 is 2.77. The van der Waals surface area contributed by atoms with Gasteiger partial charge in [0.25, 0.3) is 0 Å². The molecule has 1 aromatic rings. The van der Waals surface area contributed by atoms with Crippen LogP contribution in [0.3, 0.4) is 0 Å². The number of rotatable bonds is 3. The number of nitrogens with zero attached hydrogens (tertiary/aromatic N) is 2. The zero-order chi connectivity index (χ0) is 8.27. The summed E-state index contributed by atoms with van der Waals surface area (Å²) in [5, 5.41) is 4.04. The van der Waals surface area contributed by atoms with Crippen LogP contribution in [0.25, 0.3) is 0 Å². The van der Waals surface area contributed by atoms with Crippen molar-refractivity contribution < 1.29 is 0 Å². The van der Waals surface area contributed by atoms with E-state index < -0.39 is 0 Å². The molecule has 11 heavy (non-hydrogen) atoms. The lowest BCUT2D eigenvalue weighted by Gasteiger charge is -1.97. The van der Waals surface area contributed by atoms with Crippen molar-refractivity contribution in [2.24, 2.45) is 5.73 Å². The van der Waals surface area contributed by atoms with Gasteiger partial charge in [-0.2, -0.15) is 5.10 Å². The third-order valence-electron chi connectivity index (χ3n) is 1.19. The number of aryl methyl sites for hydroxylation is 1. The molecule has 0 aromatic carbocycles. The highest BCUT2D eigenvalue weighted by Gasteiger charge is 1.95. The molecular weight excluding hydrogens is 226 g/mol. The van der Waals surface area contributed by atoms with Gasteiger partial charge < -0.3 is 5.73 Å². The molecule has 0 unspecified atom stereocenters. The average Bonchev–Trinajstić information content (AvgIpc) is 2.31. The molecule has 5 heteroatoms. The Morgan fingerprint density at radius 3 is 3.00 bits per heavy atom. The third-order valence-corrected chi connectivity index (χ3v) is 1.80. The number of hydrogen-bond acceptors (Lipinski definition) is 2. The predicted octanol–water partition coefficient (Wildman–Crippen LogP) is 1.32. The molecule has 0 fully saturated rings. The van der Waals surface area contributed by atoms with E-state index in [1.54, 1.807) is 10.9 Å². The monoisotopic (exact) mass is 233 g/mol. The van der Waals surface area contributed by atoms with Gasteiger partial charge in [0.05, 0.1) is 15.7 Å². The highest BCUT2D eigenvalue weighted by molar-refractivity contribution is 9.10. The lowest BCUT2D eigenvalue weighted by Crippen LogP contribution is -2.11. The molecule has 0 saturated heterocycles. The van der Waals surface area contributed by atoms with Gasteiger partial charge in [-0.3, -0.25) is 4.68 Å². The second kappa shape index (κ2) is 3.82. The molecule has 3 nitrogen and oxygen atoms in total. The van der Waals surface area contributed by atoms with Gasteiger partial charge in [0.2, 0.25) is 0 Å². The van der Waals surface area contributed by atoms with Gasteiger partial charge in [-0.1, -0.05) is 12.2 Å². The molecule has 0 atom stereocenters. The molecule has 0 aliphatic rings. The maximum absolute atomic E-state index is 5.33. The molecule has 0 saturated carbocycles.